The predicted molar refractivity (Wildman–Crippen MR) is 80.2 cm³/mol. The van der Waals surface area contributed by atoms with Crippen molar-refractivity contribution < 1.29 is 9.26 Å². The fraction of sp³-hybridized carbons (Fsp3) is 0.875. The van der Waals surface area contributed by atoms with Gasteiger partial charge in [0.05, 0.1) is 19.1 Å². The number of nitrogens with zero attached hydrogens (tertiary/aromatic N) is 2. The molecule has 1 aliphatic heterocycles. The highest BCUT2D eigenvalue weighted by molar-refractivity contribution is 4.97. The van der Waals surface area contributed by atoms with Crippen LogP contribution in [0.15, 0.2) is 4.52 Å². The van der Waals surface area contributed by atoms with Crippen LogP contribution < -0.4 is 5.32 Å². The lowest BCUT2D eigenvalue weighted by Crippen LogP contribution is -2.32. The Morgan fingerprint density at radius 2 is 2.10 bits per heavy atom. The Labute approximate surface area is 126 Å². The van der Waals surface area contributed by atoms with Crippen molar-refractivity contribution in [3.8, 4) is 0 Å². The van der Waals surface area contributed by atoms with E-state index in [1.54, 1.807) is 0 Å². The highest BCUT2D eigenvalue weighted by Crippen LogP contribution is 2.34. The number of nitrogens with one attached hydrogen (secondary N) is 1. The largest absolute Gasteiger partial charge is 0.378 e. The third-order valence-electron chi connectivity index (χ3n) is 4.74. The first-order chi connectivity index (χ1) is 10.3. The van der Waals surface area contributed by atoms with E-state index in [0.29, 0.717) is 18.6 Å². The first-order valence-corrected chi connectivity index (χ1v) is 8.46. The van der Waals surface area contributed by atoms with E-state index in [0.717, 1.165) is 50.0 Å². The lowest BCUT2D eigenvalue weighted by Gasteiger charge is -2.23. The van der Waals surface area contributed by atoms with E-state index in [-0.39, 0.29) is 0 Å². The van der Waals surface area contributed by atoms with Gasteiger partial charge >= 0.3 is 0 Å². The molecule has 3 rings (SSSR count). The SMILES string of the molecule is CC1CCCC(c2noc(CCOC3CCNCC3)n2)C1. The van der Waals surface area contributed by atoms with Gasteiger partial charge in [0.1, 0.15) is 0 Å². The molecule has 5 heteroatoms. The Hall–Kier alpha value is -0.940. The zero-order chi connectivity index (χ0) is 14.5. The number of rotatable bonds is 5. The number of ether oxygens (including phenoxy) is 1. The summed E-state index contributed by atoms with van der Waals surface area (Å²) in [5.74, 6) is 2.93. The predicted octanol–water partition coefficient (Wildman–Crippen LogP) is 2.67. The van der Waals surface area contributed by atoms with Gasteiger partial charge in [-0.1, -0.05) is 24.9 Å². The van der Waals surface area contributed by atoms with Crippen LogP contribution in [0.2, 0.25) is 0 Å². The normalized spacial score (nSPS) is 27.9. The third kappa shape index (κ3) is 4.27. The smallest absolute Gasteiger partial charge is 0.228 e. The molecule has 1 aromatic heterocycles. The first kappa shape index (κ1) is 15.0. The van der Waals surface area contributed by atoms with E-state index in [1.165, 1.54) is 25.7 Å². The molecule has 1 aliphatic carbocycles. The summed E-state index contributed by atoms with van der Waals surface area (Å²) < 4.78 is 11.3. The summed E-state index contributed by atoms with van der Waals surface area (Å²) in [6, 6.07) is 0. The standard InChI is InChI=1S/C16H27N3O2/c1-12-3-2-4-13(11-12)16-18-15(21-19-16)7-10-20-14-5-8-17-9-6-14/h12-14,17H,2-11H2,1H3. The average Bonchev–Trinajstić information content (AvgIpc) is 2.97. The molecule has 2 atom stereocenters. The van der Waals surface area contributed by atoms with Crippen LogP contribution in [0.5, 0.6) is 0 Å². The molecule has 21 heavy (non-hydrogen) atoms. The molecular formula is C16H27N3O2. The maximum Gasteiger partial charge on any atom is 0.228 e. The topological polar surface area (TPSA) is 60.2 Å². The van der Waals surface area contributed by atoms with E-state index in [4.69, 9.17) is 9.26 Å². The lowest BCUT2D eigenvalue weighted by molar-refractivity contribution is 0.0322. The number of hydrogen-bond acceptors (Lipinski definition) is 5. The molecule has 2 heterocycles. The Morgan fingerprint density at radius 3 is 2.90 bits per heavy atom. The van der Waals surface area contributed by atoms with Gasteiger partial charge in [0, 0.05) is 5.92 Å². The minimum absolute atomic E-state index is 0.396. The fourth-order valence-corrected chi connectivity index (χ4v) is 3.48. The lowest BCUT2D eigenvalue weighted by atomic mass is 9.82. The Morgan fingerprint density at radius 1 is 1.24 bits per heavy atom. The molecule has 0 amide bonds. The van der Waals surface area contributed by atoms with Gasteiger partial charge in [-0.15, -0.1) is 0 Å². The molecule has 0 radical (unpaired) electrons. The van der Waals surface area contributed by atoms with Gasteiger partial charge in [-0.05, 0) is 44.7 Å². The summed E-state index contributed by atoms with van der Waals surface area (Å²) in [6.45, 7) is 5.14. The highest BCUT2D eigenvalue weighted by Gasteiger charge is 2.24. The average molecular weight is 293 g/mol. The van der Waals surface area contributed by atoms with Gasteiger partial charge in [-0.25, -0.2) is 0 Å². The summed E-state index contributed by atoms with van der Waals surface area (Å²) in [5.41, 5.74) is 0. The molecule has 1 saturated heterocycles. The van der Waals surface area contributed by atoms with Crippen LogP contribution in [0.1, 0.15) is 63.1 Å². The van der Waals surface area contributed by atoms with E-state index >= 15 is 0 Å². The highest BCUT2D eigenvalue weighted by atomic mass is 16.5. The molecule has 0 aromatic carbocycles. The van der Waals surface area contributed by atoms with Crippen LogP contribution >= 0.6 is 0 Å². The summed E-state index contributed by atoms with van der Waals surface area (Å²) in [6.07, 6.45) is 8.37. The fourth-order valence-electron chi connectivity index (χ4n) is 3.48. The third-order valence-corrected chi connectivity index (χ3v) is 4.74. The van der Waals surface area contributed by atoms with Gasteiger partial charge in [-0.3, -0.25) is 0 Å². The van der Waals surface area contributed by atoms with Crippen LogP contribution in [0, 0.1) is 5.92 Å². The van der Waals surface area contributed by atoms with Gasteiger partial charge < -0.3 is 14.6 Å². The van der Waals surface area contributed by atoms with Gasteiger partial charge in [0.25, 0.3) is 0 Å². The van der Waals surface area contributed by atoms with Crippen LogP contribution in [0.4, 0.5) is 0 Å². The maximum atomic E-state index is 5.89. The summed E-state index contributed by atoms with van der Waals surface area (Å²) in [7, 11) is 0. The van der Waals surface area contributed by atoms with Crippen molar-refractivity contribution in [2.24, 2.45) is 5.92 Å². The van der Waals surface area contributed by atoms with Gasteiger partial charge in [0.2, 0.25) is 5.89 Å². The van der Waals surface area contributed by atoms with Crippen molar-refractivity contribution >= 4 is 0 Å². The van der Waals surface area contributed by atoms with Crippen molar-refractivity contribution in [3.05, 3.63) is 11.7 Å². The van der Waals surface area contributed by atoms with Crippen molar-refractivity contribution in [1.82, 2.24) is 15.5 Å². The molecule has 1 saturated carbocycles. The molecule has 1 N–H and O–H groups in total. The minimum atomic E-state index is 0.396. The van der Waals surface area contributed by atoms with E-state index in [2.05, 4.69) is 22.4 Å². The molecular weight excluding hydrogens is 266 g/mol. The monoisotopic (exact) mass is 293 g/mol. The number of piperidine rings is 1. The second-order valence-electron chi connectivity index (χ2n) is 6.59. The molecule has 2 aliphatic rings. The number of hydrogen-bond donors (Lipinski definition) is 1. The van der Waals surface area contributed by atoms with E-state index in [1.807, 2.05) is 0 Å². The summed E-state index contributed by atoms with van der Waals surface area (Å²) >= 11 is 0. The molecule has 2 unspecified atom stereocenters. The zero-order valence-electron chi connectivity index (χ0n) is 13.0. The zero-order valence-corrected chi connectivity index (χ0v) is 13.0. The van der Waals surface area contributed by atoms with Crippen LogP contribution in [0.3, 0.4) is 0 Å². The van der Waals surface area contributed by atoms with Crippen molar-refractivity contribution in [3.63, 3.8) is 0 Å². The van der Waals surface area contributed by atoms with Crippen molar-refractivity contribution in [2.45, 2.75) is 63.9 Å². The van der Waals surface area contributed by atoms with Gasteiger partial charge in [-0.2, -0.15) is 4.98 Å². The first-order valence-electron chi connectivity index (χ1n) is 8.46. The Bertz CT molecular complexity index is 429. The summed E-state index contributed by atoms with van der Waals surface area (Å²) in [5, 5.41) is 7.53. The van der Waals surface area contributed by atoms with Crippen molar-refractivity contribution in [1.29, 1.82) is 0 Å². The number of aromatic nitrogens is 2. The Balaban J connectivity index is 1.44. The van der Waals surface area contributed by atoms with Crippen LogP contribution in [-0.2, 0) is 11.2 Å². The second-order valence-corrected chi connectivity index (χ2v) is 6.59. The molecule has 118 valence electrons. The molecule has 0 spiro atoms. The van der Waals surface area contributed by atoms with E-state index < -0.39 is 0 Å². The molecule has 5 nitrogen and oxygen atoms in total. The molecule has 0 bridgehead atoms. The van der Waals surface area contributed by atoms with Crippen LogP contribution in [0.25, 0.3) is 0 Å². The minimum Gasteiger partial charge on any atom is -0.378 e. The Kier molecular flexibility index (Phi) is 5.25. The van der Waals surface area contributed by atoms with Crippen LogP contribution in [-0.4, -0.2) is 35.9 Å². The second kappa shape index (κ2) is 7.36. The molecule has 1 aromatic rings. The van der Waals surface area contributed by atoms with E-state index in [9.17, 15) is 0 Å². The van der Waals surface area contributed by atoms with Gasteiger partial charge in [0.15, 0.2) is 5.82 Å². The maximum absolute atomic E-state index is 5.89. The molecule has 2 fully saturated rings. The van der Waals surface area contributed by atoms with Crippen molar-refractivity contribution in [2.75, 3.05) is 19.7 Å². The summed E-state index contributed by atoms with van der Waals surface area (Å²) in [4.78, 5) is 4.58. The quantitative estimate of drug-likeness (QED) is 0.904.